The third-order valence-corrected chi connectivity index (χ3v) is 5.08. The molecular formula is C19H26N4O2. The lowest BCUT2D eigenvalue weighted by Gasteiger charge is -2.33. The van der Waals surface area contributed by atoms with Crippen LogP contribution in [-0.4, -0.2) is 38.0 Å². The van der Waals surface area contributed by atoms with Crippen LogP contribution in [0.3, 0.4) is 0 Å². The molecule has 0 radical (unpaired) electrons. The Morgan fingerprint density at radius 2 is 2.20 bits per heavy atom. The van der Waals surface area contributed by atoms with Gasteiger partial charge in [0.05, 0.1) is 0 Å². The lowest BCUT2D eigenvalue weighted by Crippen LogP contribution is -2.43. The van der Waals surface area contributed by atoms with Gasteiger partial charge in [-0.1, -0.05) is 25.4 Å². The zero-order valence-corrected chi connectivity index (χ0v) is 15.2. The molecule has 1 amide bonds. The van der Waals surface area contributed by atoms with E-state index in [1.807, 2.05) is 12.1 Å². The van der Waals surface area contributed by atoms with E-state index in [2.05, 4.69) is 40.8 Å². The topological polar surface area (TPSA) is 72.1 Å². The summed E-state index contributed by atoms with van der Waals surface area (Å²) in [5, 5.41) is 3.98. The summed E-state index contributed by atoms with van der Waals surface area (Å²) in [5.41, 5.74) is 0.814. The average molecular weight is 342 g/mol. The number of nitrogens with zero attached hydrogens (tertiary/aromatic N) is 4. The van der Waals surface area contributed by atoms with E-state index in [0.29, 0.717) is 36.5 Å². The lowest BCUT2D eigenvalue weighted by molar-refractivity contribution is -0.135. The number of carbonyl (C=O) groups is 1. The second kappa shape index (κ2) is 7.76. The Balaban J connectivity index is 1.60. The number of pyridine rings is 1. The van der Waals surface area contributed by atoms with Gasteiger partial charge >= 0.3 is 0 Å². The third-order valence-electron chi connectivity index (χ3n) is 5.08. The molecule has 2 heterocycles. The summed E-state index contributed by atoms with van der Waals surface area (Å²) in [6.45, 7) is 6.55. The van der Waals surface area contributed by atoms with E-state index in [1.165, 1.54) is 0 Å². The molecule has 6 heteroatoms. The fourth-order valence-corrected chi connectivity index (χ4v) is 3.04. The van der Waals surface area contributed by atoms with Crippen LogP contribution in [0.15, 0.2) is 29.0 Å². The highest BCUT2D eigenvalue weighted by atomic mass is 16.5. The van der Waals surface area contributed by atoms with Gasteiger partial charge in [-0.25, -0.2) is 0 Å². The highest BCUT2D eigenvalue weighted by Crippen LogP contribution is 2.32. The molecule has 0 saturated heterocycles. The van der Waals surface area contributed by atoms with Crippen molar-refractivity contribution in [2.75, 3.05) is 0 Å². The average Bonchev–Trinajstić information content (AvgIpc) is 3.35. The molecule has 1 fully saturated rings. The van der Waals surface area contributed by atoms with E-state index in [4.69, 9.17) is 4.52 Å². The Kier molecular flexibility index (Phi) is 5.46. The van der Waals surface area contributed by atoms with Crippen LogP contribution in [0.4, 0.5) is 0 Å². The highest BCUT2D eigenvalue weighted by molar-refractivity contribution is 5.77. The second-order valence-electron chi connectivity index (χ2n) is 6.91. The zero-order chi connectivity index (χ0) is 17.8. The van der Waals surface area contributed by atoms with E-state index in [-0.39, 0.29) is 11.9 Å². The summed E-state index contributed by atoms with van der Waals surface area (Å²) >= 11 is 0. The van der Waals surface area contributed by atoms with Crippen LogP contribution in [0.2, 0.25) is 0 Å². The molecule has 2 aromatic heterocycles. The maximum Gasteiger partial charge on any atom is 0.227 e. The summed E-state index contributed by atoms with van der Waals surface area (Å²) in [5.74, 6) is 1.71. The van der Waals surface area contributed by atoms with Gasteiger partial charge in [0.1, 0.15) is 0 Å². The van der Waals surface area contributed by atoms with E-state index in [0.717, 1.165) is 24.8 Å². The number of hydrogen-bond acceptors (Lipinski definition) is 5. The van der Waals surface area contributed by atoms with Crippen LogP contribution >= 0.6 is 0 Å². The van der Waals surface area contributed by atoms with Gasteiger partial charge in [0.15, 0.2) is 0 Å². The number of amides is 1. The maximum absolute atomic E-state index is 12.8. The molecular weight excluding hydrogens is 316 g/mol. The molecule has 2 atom stereocenters. The quantitative estimate of drug-likeness (QED) is 0.734. The molecule has 3 rings (SSSR count). The van der Waals surface area contributed by atoms with E-state index in [1.54, 1.807) is 12.4 Å². The Hall–Kier alpha value is -2.24. The summed E-state index contributed by atoms with van der Waals surface area (Å²) in [7, 11) is 0. The first-order valence-corrected chi connectivity index (χ1v) is 9.14. The first-order valence-electron chi connectivity index (χ1n) is 9.14. The minimum absolute atomic E-state index is 0.191. The van der Waals surface area contributed by atoms with Gasteiger partial charge in [-0.05, 0) is 37.8 Å². The summed E-state index contributed by atoms with van der Waals surface area (Å²) in [6.07, 6.45) is 7.61. The Morgan fingerprint density at radius 3 is 2.84 bits per heavy atom. The molecule has 1 saturated carbocycles. The van der Waals surface area contributed by atoms with Crippen molar-refractivity contribution in [3.05, 3.63) is 30.4 Å². The number of rotatable bonds is 8. The minimum Gasteiger partial charge on any atom is -0.339 e. The Labute approximate surface area is 148 Å². The molecule has 2 aromatic rings. The van der Waals surface area contributed by atoms with Crippen LogP contribution in [0.5, 0.6) is 0 Å². The zero-order valence-electron chi connectivity index (χ0n) is 15.2. The van der Waals surface area contributed by atoms with Gasteiger partial charge < -0.3 is 9.42 Å². The first kappa shape index (κ1) is 17.6. The predicted octanol–water partition coefficient (Wildman–Crippen LogP) is 3.49. The molecule has 1 aliphatic carbocycles. The van der Waals surface area contributed by atoms with Crippen molar-refractivity contribution < 1.29 is 9.32 Å². The van der Waals surface area contributed by atoms with E-state index < -0.39 is 0 Å². The Bertz CT molecular complexity index is 696. The van der Waals surface area contributed by atoms with Gasteiger partial charge in [0, 0.05) is 42.9 Å². The van der Waals surface area contributed by atoms with Crippen molar-refractivity contribution in [3.63, 3.8) is 0 Å². The molecule has 0 spiro atoms. The highest BCUT2D eigenvalue weighted by Gasteiger charge is 2.36. The maximum atomic E-state index is 12.8. The standard InChI is InChI=1S/C19H26N4O2/c1-4-13(2)14(3)23(16-7-8-16)18(24)10-9-17-21-19(22-25-17)15-6-5-11-20-12-15/h5-6,11-14,16H,4,7-10H2,1-3H3/t13-,14-/m0/s1. The van der Waals surface area contributed by atoms with E-state index in [9.17, 15) is 4.79 Å². The lowest BCUT2D eigenvalue weighted by atomic mass is 9.98. The van der Waals surface area contributed by atoms with Gasteiger partial charge in [-0.2, -0.15) is 4.98 Å². The summed E-state index contributed by atoms with van der Waals surface area (Å²) < 4.78 is 5.29. The molecule has 0 aliphatic heterocycles. The van der Waals surface area contributed by atoms with Crippen molar-refractivity contribution in [2.24, 2.45) is 5.92 Å². The smallest absolute Gasteiger partial charge is 0.227 e. The minimum atomic E-state index is 0.191. The van der Waals surface area contributed by atoms with Crippen molar-refractivity contribution >= 4 is 5.91 Å². The van der Waals surface area contributed by atoms with Crippen molar-refractivity contribution in [3.8, 4) is 11.4 Å². The van der Waals surface area contributed by atoms with Crippen molar-refractivity contribution in [1.29, 1.82) is 0 Å². The number of aryl methyl sites for hydroxylation is 1. The molecule has 25 heavy (non-hydrogen) atoms. The molecule has 0 aromatic carbocycles. The fourth-order valence-electron chi connectivity index (χ4n) is 3.04. The largest absolute Gasteiger partial charge is 0.339 e. The number of carbonyl (C=O) groups excluding carboxylic acids is 1. The fraction of sp³-hybridized carbons (Fsp3) is 0.579. The molecule has 6 nitrogen and oxygen atoms in total. The van der Waals surface area contributed by atoms with Gasteiger partial charge in [0.2, 0.25) is 17.6 Å². The molecule has 134 valence electrons. The number of aromatic nitrogens is 3. The second-order valence-corrected chi connectivity index (χ2v) is 6.91. The predicted molar refractivity (Wildman–Crippen MR) is 94.6 cm³/mol. The van der Waals surface area contributed by atoms with Crippen LogP contribution in [0, 0.1) is 5.92 Å². The summed E-state index contributed by atoms with van der Waals surface area (Å²) in [6, 6.07) is 4.41. The molecule has 0 unspecified atom stereocenters. The first-order chi connectivity index (χ1) is 12.1. The van der Waals surface area contributed by atoms with Gasteiger partial charge in [0.25, 0.3) is 0 Å². The number of hydrogen-bond donors (Lipinski definition) is 0. The van der Waals surface area contributed by atoms with Crippen molar-refractivity contribution in [2.45, 2.75) is 65.0 Å². The SMILES string of the molecule is CC[C@H](C)[C@H](C)N(C(=O)CCc1nc(-c2cccnc2)no1)C1CC1. The van der Waals surface area contributed by atoms with Crippen LogP contribution < -0.4 is 0 Å². The molecule has 0 bridgehead atoms. The summed E-state index contributed by atoms with van der Waals surface area (Å²) in [4.78, 5) is 23.3. The third kappa shape index (κ3) is 4.24. The van der Waals surface area contributed by atoms with E-state index >= 15 is 0 Å². The Morgan fingerprint density at radius 1 is 1.40 bits per heavy atom. The van der Waals surface area contributed by atoms with Gasteiger partial charge in [-0.15, -0.1) is 0 Å². The normalized spacial score (nSPS) is 16.4. The van der Waals surface area contributed by atoms with Crippen LogP contribution in [0.1, 0.15) is 52.3 Å². The van der Waals surface area contributed by atoms with Crippen LogP contribution in [-0.2, 0) is 11.2 Å². The molecule has 1 aliphatic rings. The van der Waals surface area contributed by atoms with Gasteiger partial charge in [-0.3, -0.25) is 9.78 Å². The monoisotopic (exact) mass is 342 g/mol. The van der Waals surface area contributed by atoms with Crippen LogP contribution in [0.25, 0.3) is 11.4 Å². The van der Waals surface area contributed by atoms with Crippen molar-refractivity contribution in [1.82, 2.24) is 20.0 Å². The molecule has 0 N–H and O–H groups in total.